The van der Waals surface area contributed by atoms with E-state index in [1.54, 1.807) is 0 Å². The summed E-state index contributed by atoms with van der Waals surface area (Å²) in [7, 11) is 1.99. The van der Waals surface area contributed by atoms with Crippen LogP contribution in [-0.4, -0.2) is 20.2 Å². The predicted molar refractivity (Wildman–Crippen MR) is 56.9 cm³/mol. The van der Waals surface area contributed by atoms with Crippen LogP contribution in [0.25, 0.3) is 0 Å². The summed E-state index contributed by atoms with van der Waals surface area (Å²) in [5.41, 5.74) is 2.86. The van der Waals surface area contributed by atoms with Crippen LogP contribution in [0.1, 0.15) is 45.0 Å². The standard InChI is InChI=1S/C11H19N3/c1-8-10-9(6-13(5)12-10)7-14(8)11(2,3)4/h6,8H,7H2,1-5H3/t8-/m1/s1. The van der Waals surface area contributed by atoms with Crippen LogP contribution in [0, 0.1) is 0 Å². The molecule has 0 unspecified atom stereocenters. The number of nitrogens with zero attached hydrogens (tertiary/aromatic N) is 3. The molecule has 2 rings (SSSR count). The fraction of sp³-hybridized carbons (Fsp3) is 0.727. The quantitative estimate of drug-likeness (QED) is 0.629. The van der Waals surface area contributed by atoms with Gasteiger partial charge in [0.15, 0.2) is 0 Å². The van der Waals surface area contributed by atoms with Gasteiger partial charge in [0.2, 0.25) is 0 Å². The van der Waals surface area contributed by atoms with Crippen molar-refractivity contribution >= 4 is 0 Å². The number of aryl methyl sites for hydroxylation is 1. The van der Waals surface area contributed by atoms with Crippen molar-refractivity contribution in [1.82, 2.24) is 14.7 Å². The summed E-state index contributed by atoms with van der Waals surface area (Å²) in [5, 5.41) is 4.51. The molecule has 2 heterocycles. The van der Waals surface area contributed by atoms with E-state index >= 15 is 0 Å². The molecule has 1 atom stereocenters. The van der Waals surface area contributed by atoms with Crippen LogP contribution in [0.4, 0.5) is 0 Å². The van der Waals surface area contributed by atoms with Crippen LogP contribution < -0.4 is 0 Å². The summed E-state index contributed by atoms with van der Waals surface area (Å²) in [6.45, 7) is 10.1. The maximum Gasteiger partial charge on any atom is 0.0838 e. The van der Waals surface area contributed by atoms with E-state index in [0.29, 0.717) is 6.04 Å². The summed E-state index contributed by atoms with van der Waals surface area (Å²) in [4.78, 5) is 2.49. The van der Waals surface area contributed by atoms with Gasteiger partial charge in [-0.15, -0.1) is 0 Å². The zero-order chi connectivity index (χ0) is 10.5. The molecule has 0 N–H and O–H groups in total. The number of aromatic nitrogens is 2. The average Bonchev–Trinajstić information content (AvgIpc) is 2.49. The molecule has 1 aromatic heterocycles. The van der Waals surface area contributed by atoms with E-state index < -0.39 is 0 Å². The van der Waals surface area contributed by atoms with Gasteiger partial charge in [0, 0.05) is 30.9 Å². The molecule has 0 bridgehead atoms. The monoisotopic (exact) mass is 193 g/mol. The molecular formula is C11H19N3. The van der Waals surface area contributed by atoms with Crippen LogP contribution in [0.3, 0.4) is 0 Å². The van der Waals surface area contributed by atoms with Crippen molar-refractivity contribution < 1.29 is 0 Å². The van der Waals surface area contributed by atoms with E-state index in [-0.39, 0.29) is 5.54 Å². The number of fused-ring (bicyclic) bond motifs is 1. The topological polar surface area (TPSA) is 21.1 Å². The van der Waals surface area contributed by atoms with Gasteiger partial charge in [-0.25, -0.2) is 0 Å². The van der Waals surface area contributed by atoms with E-state index in [1.807, 2.05) is 11.7 Å². The third-order valence-corrected chi connectivity index (χ3v) is 3.00. The Hall–Kier alpha value is -0.830. The van der Waals surface area contributed by atoms with Gasteiger partial charge in [-0.2, -0.15) is 5.10 Å². The minimum atomic E-state index is 0.228. The third kappa shape index (κ3) is 1.36. The Kier molecular flexibility index (Phi) is 1.96. The highest BCUT2D eigenvalue weighted by Crippen LogP contribution is 2.36. The van der Waals surface area contributed by atoms with Crippen molar-refractivity contribution in [2.45, 2.75) is 45.8 Å². The Morgan fingerprint density at radius 3 is 2.57 bits per heavy atom. The van der Waals surface area contributed by atoms with Gasteiger partial charge in [0.05, 0.1) is 11.7 Å². The number of rotatable bonds is 0. The first-order valence-electron chi connectivity index (χ1n) is 5.19. The fourth-order valence-corrected chi connectivity index (χ4v) is 2.31. The molecule has 0 aromatic carbocycles. The van der Waals surface area contributed by atoms with E-state index in [2.05, 4.69) is 43.9 Å². The van der Waals surface area contributed by atoms with E-state index in [1.165, 1.54) is 11.3 Å². The summed E-state index contributed by atoms with van der Waals surface area (Å²) >= 11 is 0. The second-order valence-corrected chi connectivity index (χ2v) is 5.19. The lowest BCUT2D eigenvalue weighted by atomic mass is 10.1. The molecule has 1 aliphatic rings. The second-order valence-electron chi connectivity index (χ2n) is 5.19. The predicted octanol–water partition coefficient (Wildman–Crippen LogP) is 2.10. The van der Waals surface area contributed by atoms with Gasteiger partial charge in [-0.05, 0) is 27.7 Å². The Morgan fingerprint density at radius 1 is 1.43 bits per heavy atom. The summed E-state index contributed by atoms with van der Waals surface area (Å²) < 4.78 is 1.92. The molecule has 0 spiro atoms. The van der Waals surface area contributed by atoms with Crippen molar-refractivity contribution in [3.05, 3.63) is 17.5 Å². The first-order chi connectivity index (χ1) is 6.39. The molecule has 3 heteroatoms. The van der Waals surface area contributed by atoms with Crippen LogP contribution in [-0.2, 0) is 13.6 Å². The maximum absolute atomic E-state index is 4.51. The van der Waals surface area contributed by atoms with Crippen molar-refractivity contribution in [3.63, 3.8) is 0 Å². The van der Waals surface area contributed by atoms with Crippen molar-refractivity contribution in [1.29, 1.82) is 0 Å². The first kappa shape index (κ1) is 9.71. The second kappa shape index (κ2) is 2.83. The van der Waals surface area contributed by atoms with Crippen molar-refractivity contribution in [3.8, 4) is 0 Å². The molecule has 14 heavy (non-hydrogen) atoms. The molecule has 0 amide bonds. The minimum Gasteiger partial charge on any atom is -0.286 e. The molecule has 0 radical (unpaired) electrons. The van der Waals surface area contributed by atoms with E-state index in [9.17, 15) is 0 Å². The maximum atomic E-state index is 4.51. The SMILES string of the molecule is C[C@@H]1c2nn(C)cc2CN1C(C)(C)C. The van der Waals surface area contributed by atoms with Crippen LogP contribution in [0.2, 0.25) is 0 Å². The lowest BCUT2D eigenvalue weighted by Gasteiger charge is -2.35. The van der Waals surface area contributed by atoms with Crippen molar-refractivity contribution in [2.24, 2.45) is 7.05 Å². The van der Waals surface area contributed by atoms with Gasteiger partial charge < -0.3 is 0 Å². The summed E-state index contributed by atoms with van der Waals surface area (Å²) in [6, 6.07) is 0.450. The molecule has 0 saturated carbocycles. The zero-order valence-electron chi connectivity index (χ0n) is 9.70. The van der Waals surface area contributed by atoms with Crippen molar-refractivity contribution in [2.75, 3.05) is 0 Å². The molecule has 0 fully saturated rings. The molecule has 0 saturated heterocycles. The normalized spacial score (nSPS) is 22.8. The molecular weight excluding hydrogens is 174 g/mol. The third-order valence-electron chi connectivity index (χ3n) is 3.00. The highest BCUT2D eigenvalue weighted by Gasteiger charge is 2.35. The van der Waals surface area contributed by atoms with Crippen LogP contribution in [0.5, 0.6) is 0 Å². The Labute approximate surface area is 85.7 Å². The minimum absolute atomic E-state index is 0.228. The summed E-state index contributed by atoms with van der Waals surface area (Å²) in [5.74, 6) is 0. The Bertz CT molecular complexity index is 346. The highest BCUT2D eigenvalue weighted by molar-refractivity contribution is 5.26. The lowest BCUT2D eigenvalue weighted by molar-refractivity contribution is 0.0974. The number of hydrogen-bond acceptors (Lipinski definition) is 2. The molecule has 1 aromatic rings. The van der Waals surface area contributed by atoms with E-state index in [0.717, 1.165) is 6.54 Å². The molecule has 3 nitrogen and oxygen atoms in total. The average molecular weight is 193 g/mol. The molecule has 78 valence electrons. The van der Waals surface area contributed by atoms with E-state index in [4.69, 9.17) is 0 Å². The molecule has 0 aliphatic carbocycles. The van der Waals surface area contributed by atoms with Crippen LogP contribution >= 0.6 is 0 Å². The smallest absolute Gasteiger partial charge is 0.0838 e. The van der Waals surface area contributed by atoms with Gasteiger partial charge in [0.1, 0.15) is 0 Å². The van der Waals surface area contributed by atoms with Gasteiger partial charge in [-0.1, -0.05) is 0 Å². The lowest BCUT2D eigenvalue weighted by Crippen LogP contribution is -2.39. The van der Waals surface area contributed by atoms with Crippen LogP contribution in [0.15, 0.2) is 6.20 Å². The van der Waals surface area contributed by atoms with Gasteiger partial charge >= 0.3 is 0 Å². The summed E-state index contributed by atoms with van der Waals surface area (Å²) in [6.07, 6.45) is 2.14. The largest absolute Gasteiger partial charge is 0.286 e. The van der Waals surface area contributed by atoms with Gasteiger partial charge in [-0.3, -0.25) is 9.58 Å². The fourth-order valence-electron chi connectivity index (χ4n) is 2.31. The zero-order valence-corrected chi connectivity index (χ0v) is 9.70. The Morgan fingerprint density at radius 2 is 2.07 bits per heavy atom. The molecule has 1 aliphatic heterocycles. The van der Waals surface area contributed by atoms with Gasteiger partial charge in [0.25, 0.3) is 0 Å². The number of hydrogen-bond donors (Lipinski definition) is 0. The Balaban J connectivity index is 2.31. The highest BCUT2D eigenvalue weighted by atomic mass is 15.3. The first-order valence-corrected chi connectivity index (χ1v) is 5.19.